The minimum atomic E-state index is -3.50. The van der Waals surface area contributed by atoms with Gasteiger partial charge in [0, 0.05) is 13.1 Å². The molecular weight excluding hydrogens is 278 g/mol. The Morgan fingerprint density at radius 1 is 1.00 bits per heavy atom. The fourth-order valence-corrected chi connectivity index (χ4v) is 5.79. The Bertz CT molecular complexity index is 440. The number of nitrogens with zero attached hydrogens (tertiary/aromatic N) is 1. The molecule has 2 aliphatic rings. The molecule has 0 radical (unpaired) electrons. The van der Waals surface area contributed by atoms with Crippen molar-refractivity contribution in [2.75, 3.05) is 7.05 Å². The zero-order chi connectivity index (χ0) is 14.8. The van der Waals surface area contributed by atoms with Crippen molar-refractivity contribution in [1.29, 1.82) is 0 Å². The van der Waals surface area contributed by atoms with E-state index in [0.717, 1.165) is 25.7 Å². The summed E-state index contributed by atoms with van der Waals surface area (Å²) in [5.41, 5.74) is 0. The summed E-state index contributed by atoms with van der Waals surface area (Å²) in [7, 11) is -1.85. The van der Waals surface area contributed by atoms with E-state index >= 15 is 0 Å². The van der Waals surface area contributed by atoms with Crippen LogP contribution in [-0.2, 0) is 14.8 Å². The fraction of sp³-hybridized carbons (Fsp3) is 0.929. The van der Waals surface area contributed by atoms with Crippen molar-refractivity contribution in [1.82, 2.24) is 4.31 Å². The molecule has 0 aliphatic heterocycles. The van der Waals surface area contributed by atoms with Gasteiger partial charge in [-0.05, 0) is 25.7 Å². The molecule has 0 spiro atoms. The summed E-state index contributed by atoms with van der Waals surface area (Å²) in [6, 6.07) is 0.0533. The second kappa shape index (κ2) is 6.43. The normalized spacial score (nSPS) is 29.5. The summed E-state index contributed by atoms with van der Waals surface area (Å²) in [5, 5.41) is 8.47. The van der Waals surface area contributed by atoms with Crippen LogP contribution in [0.3, 0.4) is 0 Å². The lowest BCUT2D eigenvalue weighted by Crippen LogP contribution is -2.45. The lowest BCUT2D eigenvalue weighted by Gasteiger charge is -2.30. The summed E-state index contributed by atoms with van der Waals surface area (Å²) in [5.74, 6) is -1.70. The number of hydrogen-bond acceptors (Lipinski definition) is 3. The van der Waals surface area contributed by atoms with Crippen molar-refractivity contribution >= 4 is 16.0 Å². The molecule has 2 atom stereocenters. The maximum atomic E-state index is 12.7. The minimum absolute atomic E-state index is 0.0533. The van der Waals surface area contributed by atoms with Crippen LogP contribution >= 0.6 is 0 Å². The first-order chi connectivity index (χ1) is 9.44. The van der Waals surface area contributed by atoms with E-state index in [2.05, 4.69) is 0 Å². The first kappa shape index (κ1) is 15.8. The van der Waals surface area contributed by atoms with E-state index in [1.54, 1.807) is 7.05 Å². The topological polar surface area (TPSA) is 74.7 Å². The predicted molar refractivity (Wildman–Crippen MR) is 76.9 cm³/mol. The number of carboxylic acids is 1. The standard InChI is InChI=1S/C14H25NO4S/c1-15(11-7-4-2-3-5-8-11)20(18,19)13-10-6-9-12(13)14(16)17/h11-13H,2-10H2,1H3,(H,16,17). The molecule has 20 heavy (non-hydrogen) atoms. The molecule has 0 aromatic heterocycles. The monoisotopic (exact) mass is 303 g/mol. The molecule has 6 heteroatoms. The van der Waals surface area contributed by atoms with Gasteiger partial charge in [0.25, 0.3) is 0 Å². The van der Waals surface area contributed by atoms with Gasteiger partial charge in [-0.3, -0.25) is 4.79 Å². The minimum Gasteiger partial charge on any atom is -0.481 e. The Kier molecular flexibility index (Phi) is 5.07. The van der Waals surface area contributed by atoms with Gasteiger partial charge in [-0.25, -0.2) is 12.7 Å². The van der Waals surface area contributed by atoms with E-state index in [9.17, 15) is 18.3 Å². The molecule has 2 aliphatic carbocycles. The van der Waals surface area contributed by atoms with E-state index in [4.69, 9.17) is 0 Å². The molecule has 2 unspecified atom stereocenters. The molecular formula is C14H25NO4S. The number of aliphatic carboxylic acids is 1. The summed E-state index contributed by atoms with van der Waals surface area (Å²) in [4.78, 5) is 11.2. The van der Waals surface area contributed by atoms with Crippen LogP contribution in [0.1, 0.15) is 57.8 Å². The zero-order valence-corrected chi connectivity index (χ0v) is 12.9. The molecule has 2 saturated carbocycles. The number of carbonyl (C=O) groups is 1. The van der Waals surface area contributed by atoms with Gasteiger partial charge in [-0.1, -0.05) is 32.1 Å². The van der Waals surface area contributed by atoms with E-state index in [-0.39, 0.29) is 6.04 Å². The molecule has 2 fully saturated rings. The maximum absolute atomic E-state index is 12.7. The molecule has 0 saturated heterocycles. The number of carboxylic acid groups (broad SMARTS) is 1. The highest BCUT2D eigenvalue weighted by molar-refractivity contribution is 7.89. The van der Waals surface area contributed by atoms with Crippen molar-refractivity contribution < 1.29 is 18.3 Å². The van der Waals surface area contributed by atoms with Gasteiger partial charge in [0.1, 0.15) is 0 Å². The van der Waals surface area contributed by atoms with E-state index in [0.29, 0.717) is 19.3 Å². The summed E-state index contributed by atoms with van der Waals surface area (Å²) < 4.78 is 26.9. The van der Waals surface area contributed by atoms with Gasteiger partial charge >= 0.3 is 5.97 Å². The van der Waals surface area contributed by atoms with Gasteiger partial charge in [0.15, 0.2) is 0 Å². The third kappa shape index (κ3) is 3.17. The lowest BCUT2D eigenvalue weighted by molar-refractivity contribution is -0.141. The average Bonchev–Trinajstić information content (AvgIpc) is 2.75. The van der Waals surface area contributed by atoms with Crippen LogP contribution in [-0.4, -0.2) is 42.1 Å². The van der Waals surface area contributed by atoms with Gasteiger partial charge in [-0.2, -0.15) is 0 Å². The van der Waals surface area contributed by atoms with E-state index < -0.39 is 27.2 Å². The second-order valence-corrected chi connectivity index (χ2v) is 8.33. The van der Waals surface area contributed by atoms with Crippen LogP contribution in [0, 0.1) is 5.92 Å². The smallest absolute Gasteiger partial charge is 0.307 e. The number of rotatable bonds is 4. The summed E-state index contributed by atoms with van der Waals surface area (Å²) >= 11 is 0. The second-order valence-electron chi connectivity index (χ2n) is 6.12. The largest absolute Gasteiger partial charge is 0.481 e. The van der Waals surface area contributed by atoms with Crippen LogP contribution in [0.15, 0.2) is 0 Å². The Hall–Kier alpha value is -0.620. The van der Waals surface area contributed by atoms with Crippen LogP contribution in [0.2, 0.25) is 0 Å². The quantitative estimate of drug-likeness (QED) is 0.808. The summed E-state index contributed by atoms with van der Waals surface area (Å²) in [6.07, 6.45) is 7.94. The van der Waals surface area contributed by atoms with Crippen molar-refractivity contribution in [3.63, 3.8) is 0 Å². The molecule has 0 aromatic carbocycles. The van der Waals surface area contributed by atoms with E-state index in [1.807, 2.05) is 0 Å². The van der Waals surface area contributed by atoms with Gasteiger partial charge in [0.2, 0.25) is 10.0 Å². The molecule has 0 bridgehead atoms. The molecule has 5 nitrogen and oxygen atoms in total. The van der Waals surface area contributed by atoms with Crippen molar-refractivity contribution in [3.05, 3.63) is 0 Å². The summed E-state index contributed by atoms with van der Waals surface area (Å²) in [6.45, 7) is 0. The lowest BCUT2D eigenvalue weighted by atomic mass is 10.1. The number of sulfonamides is 1. The molecule has 0 heterocycles. The highest BCUT2D eigenvalue weighted by Gasteiger charge is 2.44. The number of hydrogen-bond donors (Lipinski definition) is 1. The first-order valence-corrected chi connectivity index (χ1v) is 9.14. The Morgan fingerprint density at radius 2 is 1.60 bits per heavy atom. The first-order valence-electron chi connectivity index (χ1n) is 7.64. The van der Waals surface area contributed by atoms with Crippen LogP contribution in [0.4, 0.5) is 0 Å². The van der Waals surface area contributed by atoms with Crippen molar-refractivity contribution in [2.45, 2.75) is 69.1 Å². The third-order valence-electron chi connectivity index (χ3n) is 4.89. The van der Waals surface area contributed by atoms with Crippen LogP contribution in [0.25, 0.3) is 0 Å². The molecule has 1 N–H and O–H groups in total. The Labute approximate surface area is 121 Å². The maximum Gasteiger partial charge on any atom is 0.307 e. The van der Waals surface area contributed by atoms with Gasteiger partial charge < -0.3 is 5.11 Å². The van der Waals surface area contributed by atoms with Gasteiger partial charge in [0.05, 0.1) is 11.2 Å². The van der Waals surface area contributed by atoms with Crippen molar-refractivity contribution in [2.24, 2.45) is 5.92 Å². The molecule has 0 aromatic rings. The highest BCUT2D eigenvalue weighted by Crippen LogP contribution is 2.34. The molecule has 2 rings (SSSR count). The zero-order valence-electron chi connectivity index (χ0n) is 12.1. The Balaban J connectivity index is 2.14. The fourth-order valence-electron chi connectivity index (χ4n) is 3.61. The van der Waals surface area contributed by atoms with Crippen LogP contribution < -0.4 is 0 Å². The molecule has 116 valence electrons. The Morgan fingerprint density at radius 3 is 2.15 bits per heavy atom. The van der Waals surface area contributed by atoms with Crippen molar-refractivity contribution in [3.8, 4) is 0 Å². The predicted octanol–water partition coefficient (Wildman–Crippen LogP) is 2.22. The van der Waals surface area contributed by atoms with E-state index in [1.165, 1.54) is 17.1 Å². The van der Waals surface area contributed by atoms with Gasteiger partial charge in [-0.15, -0.1) is 0 Å². The molecule has 0 amide bonds. The highest BCUT2D eigenvalue weighted by atomic mass is 32.2. The average molecular weight is 303 g/mol. The third-order valence-corrected chi connectivity index (χ3v) is 7.32. The SMILES string of the molecule is CN(C1CCCCCC1)S(=O)(=O)C1CCCC1C(=O)O. The van der Waals surface area contributed by atoms with Crippen LogP contribution in [0.5, 0.6) is 0 Å².